The highest BCUT2D eigenvalue weighted by Gasteiger charge is 2.08. The number of anilines is 1. The van der Waals surface area contributed by atoms with Crippen molar-refractivity contribution in [3.8, 4) is 0 Å². The minimum absolute atomic E-state index is 0.121. The van der Waals surface area contributed by atoms with Crippen molar-refractivity contribution in [2.45, 2.75) is 6.54 Å². The van der Waals surface area contributed by atoms with Crippen LogP contribution in [0.15, 0.2) is 41.4 Å². The minimum atomic E-state index is -0.476. The van der Waals surface area contributed by atoms with E-state index < -0.39 is 11.6 Å². The molecule has 2 aromatic heterocycles. The molecule has 2 heterocycles. The molecular formula is C13H9BrF2N4. The third-order valence-electron chi connectivity index (χ3n) is 2.80. The molecule has 0 bridgehead atoms. The summed E-state index contributed by atoms with van der Waals surface area (Å²) in [5.74, 6) is -0.447. The van der Waals surface area contributed by atoms with Gasteiger partial charge in [-0.2, -0.15) is 0 Å². The maximum Gasteiger partial charge on any atom is 0.180 e. The van der Waals surface area contributed by atoms with Gasteiger partial charge in [-0.05, 0) is 34.1 Å². The van der Waals surface area contributed by atoms with E-state index in [2.05, 4.69) is 31.2 Å². The van der Waals surface area contributed by atoms with Crippen molar-refractivity contribution >= 4 is 27.4 Å². The lowest BCUT2D eigenvalue weighted by molar-refractivity contribution is 0.587. The van der Waals surface area contributed by atoms with E-state index in [1.807, 2.05) is 0 Å². The van der Waals surface area contributed by atoms with Gasteiger partial charge >= 0.3 is 0 Å². The summed E-state index contributed by atoms with van der Waals surface area (Å²) in [6.07, 6.45) is 5.17. The summed E-state index contributed by atoms with van der Waals surface area (Å²) >= 11 is 3.29. The second kappa shape index (κ2) is 5.16. The van der Waals surface area contributed by atoms with Crippen molar-refractivity contribution in [2.24, 2.45) is 0 Å². The lowest BCUT2D eigenvalue weighted by Crippen LogP contribution is -2.06. The van der Waals surface area contributed by atoms with Gasteiger partial charge in [-0.3, -0.25) is 0 Å². The Labute approximate surface area is 121 Å². The van der Waals surface area contributed by atoms with E-state index in [1.165, 1.54) is 0 Å². The zero-order valence-electron chi connectivity index (χ0n) is 10.1. The molecule has 0 aliphatic rings. The average Bonchev–Trinajstić information content (AvgIpc) is 2.87. The maximum atomic E-state index is 13.5. The summed E-state index contributed by atoms with van der Waals surface area (Å²) in [7, 11) is 0. The first kappa shape index (κ1) is 13.0. The van der Waals surface area contributed by atoms with Crippen LogP contribution in [0.4, 0.5) is 14.6 Å². The molecule has 1 N–H and O–H groups in total. The molecule has 0 radical (unpaired) electrons. The molecule has 0 aliphatic heterocycles. The molecule has 3 aromatic rings. The van der Waals surface area contributed by atoms with E-state index in [0.29, 0.717) is 16.1 Å². The Kier molecular flexibility index (Phi) is 3.35. The molecule has 4 nitrogen and oxygen atoms in total. The number of aromatic nitrogens is 3. The monoisotopic (exact) mass is 338 g/mol. The Hall–Kier alpha value is -2.02. The lowest BCUT2D eigenvalue weighted by Gasteiger charge is -2.08. The van der Waals surface area contributed by atoms with E-state index in [9.17, 15) is 8.78 Å². The number of benzene rings is 1. The molecule has 1 aromatic carbocycles. The highest BCUT2D eigenvalue weighted by atomic mass is 79.9. The van der Waals surface area contributed by atoms with Crippen molar-refractivity contribution < 1.29 is 8.78 Å². The number of rotatable bonds is 3. The van der Waals surface area contributed by atoms with E-state index in [-0.39, 0.29) is 12.1 Å². The molecule has 0 amide bonds. The summed E-state index contributed by atoms with van der Waals surface area (Å²) in [5.41, 5.74) is 0.849. The van der Waals surface area contributed by atoms with Gasteiger partial charge < -0.3 is 9.72 Å². The van der Waals surface area contributed by atoms with Crippen molar-refractivity contribution in [3.05, 3.63) is 58.6 Å². The van der Waals surface area contributed by atoms with Crippen LogP contribution in [-0.4, -0.2) is 14.4 Å². The van der Waals surface area contributed by atoms with E-state index in [0.717, 1.165) is 18.2 Å². The SMILES string of the molecule is Fc1ccc(F)c(CNc2nc(Br)cn3ccnc23)c1. The van der Waals surface area contributed by atoms with Crippen molar-refractivity contribution in [2.75, 3.05) is 5.32 Å². The second-order valence-corrected chi connectivity index (χ2v) is 4.97. The van der Waals surface area contributed by atoms with Crippen molar-refractivity contribution in [1.82, 2.24) is 14.4 Å². The molecular weight excluding hydrogens is 330 g/mol. The molecule has 0 unspecified atom stereocenters. The Balaban J connectivity index is 1.90. The number of fused-ring (bicyclic) bond motifs is 1. The van der Waals surface area contributed by atoms with Crippen LogP contribution in [0.3, 0.4) is 0 Å². The maximum absolute atomic E-state index is 13.5. The van der Waals surface area contributed by atoms with Gasteiger partial charge in [0.15, 0.2) is 11.5 Å². The fourth-order valence-corrected chi connectivity index (χ4v) is 2.28. The summed E-state index contributed by atoms with van der Waals surface area (Å²) in [6, 6.07) is 3.35. The van der Waals surface area contributed by atoms with Crippen molar-refractivity contribution in [1.29, 1.82) is 0 Å². The first-order valence-electron chi connectivity index (χ1n) is 5.80. The molecule has 102 valence electrons. The van der Waals surface area contributed by atoms with E-state index in [4.69, 9.17) is 0 Å². The number of hydrogen-bond acceptors (Lipinski definition) is 3. The first-order valence-corrected chi connectivity index (χ1v) is 6.60. The van der Waals surface area contributed by atoms with Crippen molar-refractivity contribution in [3.63, 3.8) is 0 Å². The quantitative estimate of drug-likeness (QED) is 0.796. The molecule has 20 heavy (non-hydrogen) atoms. The fourth-order valence-electron chi connectivity index (χ4n) is 1.88. The zero-order valence-corrected chi connectivity index (χ0v) is 11.7. The zero-order chi connectivity index (χ0) is 14.1. The molecule has 3 rings (SSSR count). The lowest BCUT2D eigenvalue weighted by atomic mass is 10.2. The molecule has 0 aliphatic carbocycles. The predicted octanol–water partition coefficient (Wildman–Crippen LogP) is 3.38. The van der Waals surface area contributed by atoms with Crippen LogP contribution in [0.1, 0.15) is 5.56 Å². The van der Waals surface area contributed by atoms with Crippen LogP contribution < -0.4 is 5.32 Å². The predicted molar refractivity (Wildman–Crippen MR) is 74.4 cm³/mol. The molecule has 0 saturated heterocycles. The largest absolute Gasteiger partial charge is 0.363 e. The van der Waals surface area contributed by atoms with Crippen LogP contribution in [0.2, 0.25) is 0 Å². The van der Waals surface area contributed by atoms with E-state index in [1.54, 1.807) is 23.0 Å². The van der Waals surface area contributed by atoms with Crippen LogP contribution in [-0.2, 0) is 6.54 Å². The number of hydrogen-bond donors (Lipinski definition) is 1. The van der Waals surface area contributed by atoms with E-state index >= 15 is 0 Å². The summed E-state index contributed by atoms with van der Waals surface area (Å²) < 4.78 is 29.0. The Bertz CT molecular complexity index is 772. The molecule has 0 fully saturated rings. The Morgan fingerprint density at radius 2 is 2.15 bits per heavy atom. The number of nitrogens with zero attached hydrogens (tertiary/aromatic N) is 3. The Morgan fingerprint density at radius 1 is 1.30 bits per heavy atom. The molecule has 7 heteroatoms. The summed E-state index contributed by atoms with van der Waals surface area (Å²) in [5, 5.41) is 2.97. The molecule has 0 saturated carbocycles. The van der Waals surface area contributed by atoms with Gasteiger partial charge in [-0.25, -0.2) is 18.7 Å². The normalized spacial score (nSPS) is 10.9. The second-order valence-electron chi connectivity index (χ2n) is 4.16. The highest BCUT2D eigenvalue weighted by molar-refractivity contribution is 9.10. The molecule has 0 atom stereocenters. The minimum Gasteiger partial charge on any atom is -0.363 e. The number of halogens is 3. The third kappa shape index (κ3) is 2.49. The summed E-state index contributed by atoms with van der Waals surface area (Å²) in [4.78, 5) is 8.41. The third-order valence-corrected chi connectivity index (χ3v) is 3.18. The molecule has 0 spiro atoms. The fraction of sp³-hybridized carbons (Fsp3) is 0.0769. The van der Waals surface area contributed by atoms with Crippen LogP contribution >= 0.6 is 15.9 Å². The highest BCUT2D eigenvalue weighted by Crippen LogP contribution is 2.18. The standard InChI is InChI=1S/C13H9BrF2N4/c14-11-7-20-4-3-17-13(20)12(19-11)18-6-8-5-9(15)1-2-10(8)16/h1-5,7H,6H2,(H,18,19). The van der Waals surface area contributed by atoms with Gasteiger partial charge in [-0.15, -0.1) is 0 Å². The van der Waals surface area contributed by atoms with Gasteiger partial charge in [0.25, 0.3) is 0 Å². The Morgan fingerprint density at radius 3 is 3.00 bits per heavy atom. The van der Waals surface area contributed by atoms with Gasteiger partial charge in [0.1, 0.15) is 16.2 Å². The topological polar surface area (TPSA) is 42.2 Å². The van der Waals surface area contributed by atoms with Gasteiger partial charge in [0.05, 0.1) is 0 Å². The van der Waals surface area contributed by atoms with Gasteiger partial charge in [0.2, 0.25) is 0 Å². The number of nitrogens with one attached hydrogen (secondary N) is 1. The van der Waals surface area contributed by atoms with Gasteiger partial charge in [-0.1, -0.05) is 0 Å². The summed E-state index contributed by atoms with van der Waals surface area (Å²) in [6.45, 7) is 0.121. The van der Waals surface area contributed by atoms with Crippen LogP contribution in [0.25, 0.3) is 5.65 Å². The average molecular weight is 339 g/mol. The van der Waals surface area contributed by atoms with Crippen LogP contribution in [0, 0.1) is 11.6 Å². The smallest absolute Gasteiger partial charge is 0.180 e. The number of imidazole rings is 1. The van der Waals surface area contributed by atoms with Crippen LogP contribution in [0.5, 0.6) is 0 Å². The van der Waals surface area contributed by atoms with Gasteiger partial charge in [0, 0.05) is 30.7 Å². The first-order chi connectivity index (χ1) is 9.63.